The predicted molar refractivity (Wildman–Crippen MR) is 55.1 cm³/mol. The standard InChI is InChI=1S/C11H10F2N2O2/c12-9-3-7(4-10(13)11(9)16)5-14-6-8-1-2-15-17-8/h1-4,14,16H,5-6H2. The number of phenolic OH excluding ortho intramolecular Hbond substituents is 1. The number of phenols is 1. The van der Waals surface area contributed by atoms with Gasteiger partial charge in [0.05, 0.1) is 12.7 Å². The van der Waals surface area contributed by atoms with Crippen LogP contribution in [-0.2, 0) is 13.1 Å². The van der Waals surface area contributed by atoms with E-state index in [1.165, 1.54) is 6.20 Å². The Labute approximate surface area is 95.9 Å². The molecule has 0 atom stereocenters. The minimum Gasteiger partial charge on any atom is -0.503 e. The van der Waals surface area contributed by atoms with E-state index < -0.39 is 17.4 Å². The van der Waals surface area contributed by atoms with Crippen LogP contribution in [0.1, 0.15) is 11.3 Å². The fourth-order valence-electron chi connectivity index (χ4n) is 1.38. The number of hydrogen-bond donors (Lipinski definition) is 2. The molecule has 1 heterocycles. The van der Waals surface area contributed by atoms with E-state index in [9.17, 15) is 8.78 Å². The molecule has 0 aliphatic heterocycles. The molecular weight excluding hydrogens is 230 g/mol. The van der Waals surface area contributed by atoms with Crippen LogP contribution in [0.3, 0.4) is 0 Å². The topological polar surface area (TPSA) is 58.3 Å². The number of aromatic hydroxyl groups is 1. The van der Waals surface area contributed by atoms with Crippen molar-refractivity contribution in [1.29, 1.82) is 0 Å². The molecule has 0 spiro atoms. The van der Waals surface area contributed by atoms with Gasteiger partial charge in [0.1, 0.15) is 5.76 Å². The lowest BCUT2D eigenvalue weighted by Crippen LogP contribution is -2.12. The van der Waals surface area contributed by atoms with Gasteiger partial charge in [0.2, 0.25) is 0 Å². The maximum Gasteiger partial charge on any atom is 0.187 e. The van der Waals surface area contributed by atoms with Crippen molar-refractivity contribution in [2.24, 2.45) is 0 Å². The number of aromatic nitrogens is 1. The first-order valence-electron chi connectivity index (χ1n) is 4.94. The van der Waals surface area contributed by atoms with Crippen molar-refractivity contribution in [3.05, 3.63) is 47.4 Å². The smallest absolute Gasteiger partial charge is 0.187 e. The van der Waals surface area contributed by atoms with Crippen molar-refractivity contribution < 1.29 is 18.4 Å². The zero-order valence-corrected chi connectivity index (χ0v) is 8.78. The summed E-state index contributed by atoms with van der Waals surface area (Å²) in [5, 5.41) is 15.4. The summed E-state index contributed by atoms with van der Waals surface area (Å²) in [6, 6.07) is 3.84. The molecule has 6 heteroatoms. The second-order valence-corrected chi connectivity index (χ2v) is 3.49. The quantitative estimate of drug-likeness (QED) is 0.857. The molecule has 0 radical (unpaired) electrons. The monoisotopic (exact) mass is 240 g/mol. The minimum atomic E-state index is -0.971. The summed E-state index contributed by atoms with van der Waals surface area (Å²) in [6.07, 6.45) is 1.51. The van der Waals surface area contributed by atoms with E-state index in [1.807, 2.05) is 0 Å². The van der Waals surface area contributed by atoms with Crippen LogP contribution in [0.4, 0.5) is 8.78 Å². The third kappa shape index (κ3) is 2.79. The van der Waals surface area contributed by atoms with Gasteiger partial charge in [-0.3, -0.25) is 0 Å². The van der Waals surface area contributed by atoms with Crippen molar-refractivity contribution in [2.45, 2.75) is 13.1 Å². The average molecular weight is 240 g/mol. The summed E-state index contributed by atoms with van der Waals surface area (Å²) in [5.74, 6) is -2.27. The third-order valence-corrected chi connectivity index (χ3v) is 2.20. The van der Waals surface area contributed by atoms with Crippen molar-refractivity contribution in [1.82, 2.24) is 10.5 Å². The van der Waals surface area contributed by atoms with Crippen LogP contribution >= 0.6 is 0 Å². The molecule has 4 nitrogen and oxygen atoms in total. The third-order valence-electron chi connectivity index (χ3n) is 2.20. The Morgan fingerprint density at radius 1 is 1.24 bits per heavy atom. The van der Waals surface area contributed by atoms with Gasteiger partial charge in [0.25, 0.3) is 0 Å². The summed E-state index contributed by atoms with van der Waals surface area (Å²) < 4.78 is 30.8. The summed E-state index contributed by atoms with van der Waals surface area (Å²) >= 11 is 0. The van der Waals surface area contributed by atoms with Gasteiger partial charge in [-0.2, -0.15) is 0 Å². The Morgan fingerprint density at radius 2 is 1.94 bits per heavy atom. The molecular formula is C11H10F2N2O2. The number of nitrogens with zero attached hydrogens (tertiary/aromatic N) is 1. The molecule has 90 valence electrons. The largest absolute Gasteiger partial charge is 0.503 e. The normalized spacial score (nSPS) is 10.7. The van der Waals surface area contributed by atoms with E-state index in [1.54, 1.807) is 6.07 Å². The molecule has 2 aromatic rings. The number of nitrogens with one attached hydrogen (secondary N) is 1. The second kappa shape index (κ2) is 4.92. The second-order valence-electron chi connectivity index (χ2n) is 3.49. The van der Waals surface area contributed by atoms with Gasteiger partial charge < -0.3 is 14.9 Å². The van der Waals surface area contributed by atoms with Crippen molar-refractivity contribution in [2.75, 3.05) is 0 Å². The first kappa shape index (κ1) is 11.5. The highest BCUT2D eigenvalue weighted by molar-refractivity contribution is 5.29. The van der Waals surface area contributed by atoms with Gasteiger partial charge in [-0.15, -0.1) is 0 Å². The van der Waals surface area contributed by atoms with Crippen LogP contribution in [0.25, 0.3) is 0 Å². The predicted octanol–water partition coefficient (Wildman–Crippen LogP) is 1.95. The van der Waals surface area contributed by atoms with E-state index in [0.717, 1.165) is 12.1 Å². The highest BCUT2D eigenvalue weighted by Crippen LogP contribution is 2.21. The van der Waals surface area contributed by atoms with E-state index in [2.05, 4.69) is 10.5 Å². The highest BCUT2D eigenvalue weighted by Gasteiger charge is 2.09. The Morgan fingerprint density at radius 3 is 2.53 bits per heavy atom. The number of benzene rings is 1. The maximum absolute atomic E-state index is 13.0. The van der Waals surface area contributed by atoms with E-state index in [4.69, 9.17) is 9.63 Å². The average Bonchev–Trinajstić information content (AvgIpc) is 2.79. The molecule has 1 aromatic carbocycles. The summed E-state index contributed by atoms with van der Waals surface area (Å²) in [4.78, 5) is 0. The molecule has 0 saturated heterocycles. The van der Waals surface area contributed by atoms with Gasteiger partial charge in [-0.05, 0) is 17.7 Å². The van der Waals surface area contributed by atoms with E-state index in [0.29, 0.717) is 17.9 Å². The fourth-order valence-corrected chi connectivity index (χ4v) is 1.38. The molecule has 0 aliphatic carbocycles. The Balaban J connectivity index is 1.95. The van der Waals surface area contributed by atoms with E-state index >= 15 is 0 Å². The zero-order valence-electron chi connectivity index (χ0n) is 8.78. The molecule has 0 unspecified atom stereocenters. The number of halogens is 2. The van der Waals surface area contributed by atoms with Crippen LogP contribution < -0.4 is 5.32 Å². The first-order valence-corrected chi connectivity index (χ1v) is 4.94. The summed E-state index contributed by atoms with van der Waals surface area (Å²) in [6.45, 7) is 0.666. The van der Waals surface area contributed by atoms with Crippen molar-refractivity contribution >= 4 is 0 Å². The van der Waals surface area contributed by atoms with Gasteiger partial charge in [0, 0.05) is 12.6 Å². The summed E-state index contributed by atoms with van der Waals surface area (Å²) in [5.41, 5.74) is 0.400. The lowest BCUT2D eigenvalue weighted by molar-refractivity contribution is 0.372. The fraction of sp³-hybridized carbons (Fsp3) is 0.182. The number of rotatable bonds is 4. The maximum atomic E-state index is 13.0. The molecule has 2 rings (SSSR count). The highest BCUT2D eigenvalue weighted by atomic mass is 19.1. The van der Waals surface area contributed by atoms with Crippen LogP contribution in [-0.4, -0.2) is 10.3 Å². The Hall–Kier alpha value is -1.95. The SMILES string of the molecule is Oc1c(F)cc(CNCc2ccno2)cc1F. The molecule has 17 heavy (non-hydrogen) atoms. The lowest BCUT2D eigenvalue weighted by Gasteiger charge is -2.04. The first-order chi connectivity index (χ1) is 8.16. The van der Waals surface area contributed by atoms with Crippen LogP contribution in [0, 0.1) is 11.6 Å². The summed E-state index contributed by atoms with van der Waals surface area (Å²) in [7, 11) is 0. The zero-order chi connectivity index (χ0) is 12.3. The molecule has 0 bridgehead atoms. The van der Waals surface area contributed by atoms with Crippen molar-refractivity contribution in [3.8, 4) is 5.75 Å². The molecule has 0 aliphatic rings. The van der Waals surface area contributed by atoms with E-state index in [-0.39, 0.29) is 6.54 Å². The lowest BCUT2D eigenvalue weighted by atomic mass is 10.2. The van der Waals surface area contributed by atoms with Gasteiger partial charge in [-0.1, -0.05) is 5.16 Å². The molecule has 0 fully saturated rings. The van der Waals surface area contributed by atoms with Gasteiger partial charge in [0.15, 0.2) is 17.4 Å². The van der Waals surface area contributed by atoms with Gasteiger partial charge in [-0.25, -0.2) is 8.78 Å². The van der Waals surface area contributed by atoms with Crippen LogP contribution in [0.15, 0.2) is 28.9 Å². The van der Waals surface area contributed by atoms with Gasteiger partial charge >= 0.3 is 0 Å². The number of hydrogen-bond acceptors (Lipinski definition) is 4. The molecule has 0 saturated carbocycles. The van der Waals surface area contributed by atoms with Crippen molar-refractivity contribution in [3.63, 3.8) is 0 Å². The van der Waals surface area contributed by atoms with Crippen LogP contribution in [0.5, 0.6) is 5.75 Å². The molecule has 0 amide bonds. The Kier molecular flexibility index (Phi) is 3.34. The minimum absolute atomic E-state index is 0.259. The molecule has 2 N–H and O–H groups in total. The molecule has 1 aromatic heterocycles. The Bertz CT molecular complexity index is 477. The van der Waals surface area contributed by atoms with Crippen LogP contribution in [0.2, 0.25) is 0 Å².